The van der Waals surface area contributed by atoms with Crippen LogP contribution in [0.1, 0.15) is 206 Å². The van der Waals surface area contributed by atoms with E-state index in [-0.39, 0.29) is 19.6 Å². The Bertz CT molecular complexity index is 1300. The summed E-state index contributed by atoms with van der Waals surface area (Å²) in [6, 6.07) is 0. The van der Waals surface area contributed by atoms with E-state index in [2.05, 4.69) is 66.6 Å². The molecule has 6 atom stereocenters. The van der Waals surface area contributed by atoms with Gasteiger partial charge in [0, 0.05) is 13.0 Å². The fraction of sp³-hybridized carbons (Fsp3) is 0.824. The number of rotatable bonds is 44. The molecule has 0 aromatic carbocycles. The predicted octanol–water partition coefficient (Wildman–Crippen LogP) is 11.5. The lowest BCUT2D eigenvalue weighted by Crippen LogP contribution is -2.60. The van der Waals surface area contributed by atoms with Crippen LogP contribution in [0, 0.1) is 0 Å². The maximum atomic E-state index is 12.9. The monoisotopic (exact) mass is 929 g/mol. The van der Waals surface area contributed by atoms with Crippen LogP contribution in [0.3, 0.4) is 0 Å². The van der Waals surface area contributed by atoms with E-state index in [9.17, 15) is 33.1 Å². The van der Waals surface area contributed by atoms with Crippen molar-refractivity contribution >= 4 is 16.4 Å². The summed E-state index contributed by atoms with van der Waals surface area (Å²) in [6.07, 6.45) is 42.8. The van der Waals surface area contributed by atoms with Crippen LogP contribution >= 0.6 is 0 Å². The molecule has 1 rings (SSSR count). The molecule has 0 spiro atoms. The standard InChI is InChI=1S/C51H92O12S/c1-3-5-7-9-11-13-15-17-19-21-22-23-24-25-26-28-30-32-34-36-38-40-47(53)61-45(44-60-51-49(55)50(63-64(56,57)58)48(54)46(42-52)62-51)43-59-41-39-37-35-33-31-29-27-20-18-16-14-12-10-8-6-4-2/h5,7,11,13,17,19,22-23,45-46,48-52,54-55H,3-4,6,8-10,12,14-16,18,20-21,24-44H2,1-2H3,(H,56,57,58)/b7-5-,13-11-,19-17-,23-22-. The zero-order valence-corrected chi connectivity index (χ0v) is 40.9. The molecule has 64 heavy (non-hydrogen) atoms. The van der Waals surface area contributed by atoms with Crippen molar-refractivity contribution in [1.29, 1.82) is 0 Å². The minimum Gasteiger partial charge on any atom is -0.457 e. The molecule has 0 aromatic rings. The van der Waals surface area contributed by atoms with Crippen LogP contribution in [0.25, 0.3) is 0 Å². The fourth-order valence-electron chi connectivity index (χ4n) is 7.66. The second-order valence-electron chi connectivity index (χ2n) is 17.4. The summed E-state index contributed by atoms with van der Waals surface area (Å²) in [5.74, 6) is -0.406. The zero-order chi connectivity index (χ0) is 46.8. The molecule has 1 aliphatic heterocycles. The van der Waals surface area contributed by atoms with Crippen molar-refractivity contribution in [3.63, 3.8) is 0 Å². The van der Waals surface area contributed by atoms with Gasteiger partial charge in [-0.15, -0.1) is 0 Å². The van der Waals surface area contributed by atoms with Crippen molar-refractivity contribution in [3.05, 3.63) is 48.6 Å². The minimum atomic E-state index is -5.07. The second kappa shape index (κ2) is 42.4. The van der Waals surface area contributed by atoms with E-state index in [1.54, 1.807) is 0 Å². The van der Waals surface area contributed by atoms with Crippen LogP contribution < -0.4 is 0 Å². The third-order valence-corrected chi connectivity index (χ3v) is 11.9. The van der Waals surface area contributed by atoms with E-state index in [1.807, 2.05) is 0 Å². The number of carbonyl (C=O) groups excluding carboxylic acids is 1. The number of unbranched alkanes of at least 4 members (excludes halogenated alkanes) is 23. The number of aliphatic hydroxyl groups is 3. The van der Waals surface area contributed by atoms with Crippen LogP contribution in [-0.4, -0.2) is 97.5 Å². The first-order valence-electron chi connectivity index (χ1n) is 25.4. The van der Waals surface area contributed by atoms with Gasteiger partial charge in [0.1, 0.15) is 30.5 Å². The van der Waals surface area contributed by atoms with Gasteiger partial charge in [-0.05, 0) is 51.4 Å². The molecular formula is C51H92O12S. The Kier molecular flexibility index (Phi) is 39.8. The molecule has 0 bridgehead atoms. The van der Waals surface area contributed by atoms with Gasteiger partial charge in [0.25, 0.3) is 0 Å². The Labute approximate surface area is 389 Å². The molecule has 13 heteroatoms. The van der Waals surface area contributed by atoms with Gasteiger partial charge < -0.3 is 34.3 Å². The van der Waals surface area contributed by atoms with Crippen LogP contribution in [0.15, 0.2) is 48.6 Å². The first-order chi connectivity index (χ1) is 31.1. The van der Waals surface area contributed by atoms with E-state index in [0.717, 1.165) is 70.6 Å². The van der Waals surface area contributed by atoms with Crippen LogP contribution in [-0.2, 0) is 38.3 Å². The second-order valence-corrected chi connectivity index (χ2v) is 18.4. The highest BCUT2D eigenvalue weighted by Crippen LogP contribution is 2.26. The molecule has 0 amide bonds. The zero-order valence-electron chi connectivity index (χ0n) is 40.1. The summed E-state index contributed by atoms with van der Waals surface area (Å²) in [6.45, 7) is 3.89. The third-order valence-electron chi connectivity index (χ3n) is 11.5. The Morgan fingerprint density at radius 2 is 1.08 bits per heavy atom. The van der Waals surface area contributed by atoms with E-state index in [1.165, 1.54) is 109 Å². The summed E-state index contributed by atoms with van der Waals surface area (Å²) in [7, 11) is -5.07. The van der Waals surface area contributed by atoms with E-state index < -0.39 is 59.8 Å². The van der Waals surface area contributed by atoms with Gasteiger partial charge in [0.15, 0.2) is 6.29 Å². The Morgan fingerprint density at radius 3 is 1.58 bits per heavy atom. The third kappa shape index (κ3) is 35.3. The average Bonchev–Trinajstić information content (AvgIpc) is 3.27. The summed E-state index contributed by atoms with van der Waals surface area (Å²) < 4.78 is 59.2. The van der Waals surface area contributed by atoms with Crippen molar-refractivity contribution in [3.8, 4) is 0 Å². The highest BCUT2D eigenvalue weighted by molar-refractivity contribution is 7.80. The van der Waals surface area contributed by atoms with Crippen LogP contribution in [0.5, 0.6) is 0 Å². The van der Waals surface area contributed by atoms with Crippen molar-refractivity contribution < 1.29 is 56.2 Å². The topological polar surface area (TPSA) is 178 Å². The van der Waals surface area contributed by atoms with E-state index in [4.69, 9.17) is 18.9 Å². The summed E-state index contributed by atoms with van der Waals surface area (Å²) in [4.78, 5) is 12.9. The maximum absolute atomic E-state index is 12.9. The van der Waals surface area contributed by atoms with Crippen molar-refractivity contribution in [2.24, 2.45) is 0 Å². The normalized spacial score (nSPS) is 20.1. The van der Waals surface area contributed by atoms with E-state index in [0.29, 0.717) is 13.0 Å². The molecule has 1 aliphatic rings. The molecule has 1 saturated heterocycles. The molecule has 4 N–H and O–H groups in total. The molecule has 1 heterocycles. The van der Waals surface area contributed by atoms with Gasteiger partial charge in [-0.1, -0.05) is 197 Å². The quantitative estimate of drug-likeness (QED) is 0.0197. The van der Waals surface area contributed by atoms with Crippen molar-refractivity contribution in [2.75, 3.05) is 26.4 Å². The summed E-state index contributed by atoms with van der Waals surface area (Å²) in [5, 5.41) is 30.7. The summed E-state index contributed by atoms with van der Waals surface area (Å²) in [5.41, 5.74) is 0. The Morgan fingerprint density at radius 1 is 0.609 bits per heavy atom. The molecule has 0 saturated carbocycles. The van der Waals surface area contributed by atoms with Gasteiger partial charge in [0.05, 0.1) is 19.8 Å². The molecular weight excluding hydrogens is 837 g/mol. The number of esters is 1. The molecule has 0 aliphatic carbocycles. The Hall–Kier alpha value is -1.94. The fourth-order valence-corrected chi connectivity index (χ4v) is 8.17. The van der Waals surface area contributed by atoms with Gasteiger partial charge >= 0.3 is 16.4 Å². The lowest BCUT2D eigenvalue weighted by atomic mass is 9.99. The first kappa shape index (κ1) is 60.1. The van der Waals surface area contributed by atoms with Gasteiger partial charge in [0.2, 0.25) is 0 Å². The highest BCUT2D eigenvalue weighted by Gasteiger charge is 2.48. The Balaban J connectivity index is 2.37. The number of hydrogen-bond donors (Lipinski definition) is 4. The highest BCUT2D eigenvalue weighted by atomic mass is 32.3. The molecule has 0 radical (unpaired) electrons. The predicted molar refractivity (Wildman–Crippen MR) is 257 cm³/mol. The first-order valence-corrected chi connectivity index (χ1v) is 26.8. The van der Waals surface area contributed by atoms with Gasteiger partial charge in [-0.2, -0.15) is 8.42 Å². The lowest BCUT2D eigenvalue weighted by Gasteiger charge is -2.41. The number of hydrogen-bond acceptors (Lipinski definition) is 11. The SMILES string of the molecule is CC/C=C\C/C=C\C/C=C\C/C=C\CCCCCCCCCCC(=O)OC(COCCCCCCCCCCCCCCCCCC)COC1OC(CO)C(O)C(OS(=O)(=O)O)C1O. The van der Waals surface area contributed by atoms with Crippen molar-refractivity contribution in [1.82, 2.24) is 0 Å². The maximum Gasteiger partial charge on any atom is 0.397 e. The van der Waals surface area contributed by atoms with Crippen LogP contribution in [0.4, 0.5) is 0 Å². The number of carbonyl (C=O) groups is 1. The van der Waals surface area contributed by atoms with Crippen LogP contribution in [0.2, 0.25) is 0 Å². The molecule has 0 aromatic heterocycles. The molecule has 1 fully saturated rings. The van der Waals surface area contributed by atoms with Gasteiger partial charge in [-0.25, -0.2) is 4.18 Å². The lowest BCUT2D eigenvalue weighted by molar-refractivity contribution is -0.301. The van der Waals surface area contributed by atoms with E-state index >= 15 is 0 Å². The largest absolute Gasteiger partial charge is 0.457 e. The smallest absolute Gasteiger partial charge is 0.397 e. The van der Waals surface area contributed by atoms with Gasteiger partial charge in [-0.3, -0.25) is 9.35 Å². The molecule has 374 valence electrons. The minimum absolute atomic E-state index is 0.0343. The molecule has 6 unspecified atom stereocenters. The molecule has 12 nitrogen and oxygen atoms in total. The number of aliphatic hydroxyl groups excluding tert-OH is 3. The average molecular weight is 929 g/mol. The number of allylic oxidation sites excluding steroid dienone is 8. The van der Waals surface area contributed by atoms with Crippen molar-refractivity contribution in [2.45, 2.75) is 243 Å². The number of ether oxygens (including phenoxy) is 4. The summed E-state index contributed by atoms with van der Waals surface area (Å²) >= 11 is 0.